The molecule has 31 heavy (non-hydrogen) atoms. The summed E-state index contributed by atoms with van der Waals surface area (Å²) >= 11 is 0. The molecule has 2 nitrogen and oxygen atoms in total. The van der Waals surface area contributed by atoms with Gasteiger partial charge in [-0.1, -0.05) is 115 Å². The quantitative estimate of drug-likeness (QED) is 0.179. The maximum Gasteiger partial charge on any atom is -0.00187 e. The van der Waals surface area contributed by atoms with Gasteiger partial charge in [0.05, 0.1) is 0 Å². The van der Waals surface area contributed by atoms with Gasteiger partial charge in [-0.25, -0.2) is 0 Å². The third-order valence-electron chi connectivity index (χ3n) is 6.51. The highest BCUT2D eigenvalue weighted by atomic mass is 16.0. The number of benzene rings is 1. The van der Waals surface area contributed by atoms with Crippen molar-refractivity contribution >= 4 is 0 Å². The van der Waals surface area contributed by atoms with E-state index >= 15 is 0 Å². The molecule has 2 N–H and O–H groups in total. The number of aryl methyl sites for hydroxylation is 2. The zero-order valence-electron chi connectivity index (χ0n) is 21.4. The zero-order chi connectivity index (χ0) is 21.7. The largest absolute Gasteiger partial charge is 0.412 e. The van der Waals surface area contributed by atoms with Gasteiger partial charge in [0.25, 0.3) is 0 Å². The predicted molar refractivity (Wildman–Crippen MR) is 140 cm³/mol. The van der Waals surface area contributed by atoms with E-state index in [1.807, 2.05) is 0 Å². The average molecular weight is 434 g/mol. The van der Waals surface area contributed by atoms with E-state index < -0.39 is 0 Å². The van der Waals surface area contributed by atoms with E-state index in [0.29, 0.717) is 0 Å². The van der Waals surface area contributed by atoms with Crippen molar-refractivity contribution in [1.82, 2.24) is 4.90 Å². The fourth-order valence-corrected chi connectivity index (χ4v) is 4.63. The summed E-state index contributed by atoms with van der Waals surface area (Å²) < 4.78 is 0. The Balaban J connectivity index is 0.00000900. The van der Waals surface area contributed by atoms with E-state index in [2.05, 4.69) is 49.9 Å². The van der Waals surface area contributed by atoms with Crippen LogP contribution in [0.3, 0.4) is 0 Å². The molecule has 0 amide bonds. The lowest BCUT2D eigenvalue weighted by Gasteiger charge is -2.20. The monoisotopic (exact) mass is 433 g/mol. The normalized spacial score (nSPS) is 11.1. The molecule has 0 atom stereocenters. The fourth-order valence-electron chi connectivity index (χ4n) is 4.63. The van der Waals surface area contributed by atoms with Crippen LogP contribution in [0, 0.1) is 6.92 Å². The Morgan fingerprint density at radius 2 is 0.968 bits per heavy atom. The van der Waals surface area contributed by atoms with Crippen molar-refractivity contribution in [3.63, 3.8) is 0 Å². The molecule has 0 aliphatic heterocycles. The second-order valence-corrected chi connectivity index (χ2v) is 9.47. The molecule has 182 valence electrons. The fraction of sp³-hybridized carbons (Fsp3) is 0.793. The first-order chi connectivity index (χ1) is 14.8. The number of hydrogen-bond donors (Lipinski definition) is 0. The first-order valence-electron chi connectivity index (χ1n) is 13.5. The molecule has 0 saturated carbocycles. The van der Waals surface area contributed by atoms with Crippen LogP contribution in [0.2, 0.25) is 0 Å². The predicted octanol–water partition coefficient (Wildman–Crippen LogP) is 8.30. The number of unbranched alkanes of at least 4 members (excludes halogenated alkanes) is 13. The van der Waals surface area contributed by atoms with Crippen molar-refractivity contribution in [3.05, 3.63) is 35.4 Å². The molecule has 0 unspecified atom stereocenters. The molecular weight excluding hydrogens is 378 g/mol. The van der Waals surface area contributed by atoms with Gasteiger partial charge in [0.15, 0.2) is 0 Å². The van der Waals surface area contributed by atoms with Gasteiger partial charge in [-0.2, -0.15) is 0 Å². The molecule has 0 aliphatic rings. The Kier molecular flexibility index (Phi) is 21.7. The minimum atomic E-state index is 0. The van der Waals surface area contributed by atoms with Crippen molar-refractivity contribution in [2.75, 3.05) is 19.6 Å². The van der Waals surface area contributed by atoms with E-state index in [0.717, 1.165) is 0 Å². The summed E-state index contributed by atoms with van der Waals surface area (Å²) in [6, 6.07) is 8.86. The molecule has 2 heteroatoms. The lowest BCUT2D eigenvalue weighted by molar-refractivity contribution is 0.267. The highest BCUT2D eigenvalue weighted by Gasteiger charge is 2.02. The Morgan fingerprint density at radius 1 is 0.548 bits per heavy atom. The SMILES string of the molecule is CCCN(CCC)CCCCCCCCCCCCCCCCc1ccccc1C.O. The Morgan fingerprint density at radius 3 is 1.42 bits per heavy atom. The van der Waals surface area contributed by atoms with E-state index in [9.17, 15) is 0 Å². The smallest absolute Gasteiger partial charge is 0.00187 e. The molecule has 0 spiro atoms. The molecule has 0 bridgehead atoms. The van der Waals surface area contributed by atoms with Crippen molar-refractivity contribution in [3.8, 4) is 0 Å². The summed E-state index contributed by atoms with van der Waals surface area (Å²) in [5.41, 5.74) is 3.01. The van der Waals surface area contributed by atoms with Crippen molar-refractivity contribution < 1.29 is 5.48 Å². The Bertz CT molecular complexity index is 481. The van der Waals surface area contributed by atoms with Gasteiger partial charge in [0.2, 0.25) is 0 Å². The van der Waals surface area contributed by atoms with Gasteiger partial charge < -0.3 is 10.4 Å². The molecule has 1 aromatic carbocycles. The number of rotatable bonds is 21. The Hall–Kier alpha value is -0.860. The highest BCUT2D eigenvalue weighted by Crippen LogP contribution is 2.15. The van der Waals surface area contributed by atoms with Crippen LogP contribution in [0.5, 0.6) is 0 Å². The molecule has 0 fully saturated rings. The maximum atomic E-state index is 2.66. The van der Waals surface area contributed by atoms with Crippen molar-refractivity contribution in [1.29, 1.82) is 0 Å². The van der Waals surface area contributed by atoms with E-state index in [1.54, 1.807) is 5.56 Å². The topological polar surface area (TPSA) is 34.7 Å². The standard InChI is InChI=1S/C29H53N.H2O/c1-4-25-30(26-5-2)27-21-17-15-13-11-9-7-6-8-10-12-14-16-18-23-29-24-20-19-22-28(29)3;/h19-20,22,24H,4-18,21,23,25-27H2,1-3H3;1H2. The average Bonchev–Trinajstić information content (AvgIpc) is 2.75. The molecule has 1 aromatic rings. The second kappa shape index (κ2) is 22.3. The van der Waals surface area contributed by atoms with Crippen LogP contribution in [0.25, 0.3) is 0 Å². The van der Waals surface area contributed by atoms with Crippen molar-refractivity contribution in [2.45, 2.75) is 130 Å². The summed E-state index contributed by atoms with van der Waals surface area (Å²) in [6.07, 6.45) is 24.0. The van der Waals surface area contributed by atoms with Crippen LogP contribution in [0.1, 0.15) is 128 Å². The Labute approximate surface area is 195 Å². The van der Waals surface area contributed by atoms with E-state index in [4.69, 9.17) is 0 Å². The van der Waals surface area contributed by atoms with Crippen LogP contribution in [0.15, 0.2) is 24.3 Å². The van der Waals surface area contributed by atoms with Crippen LogP contribution in [-0.4, -0.2) is 30.0 Å². The molecule has 0 radical (unpaired) electrons. The van der Waals surface area contributed by atoms with Gasteiger partial charge in [-0.15, -0.1) is 0 Å². The number of hydrogen-bond acceptors (Lipinski definition) is 1. The summed E-state index contributed by atoms with van der Waals surface area (Å²) in [4.78, 5) is 2.66. The van der Waals surface area contributed by atoms with Crippen LogP contribution in [-0.2, 0) is 6.42 Å². The molecule has 0 saturated heterocycles. The lowest BCUT2D eigenvalue weighted by Crippen LogP contribution is -2.26. The van der Waals surface area contributed by atoms with Crippen molar-refractivity contribution in [2.24, 2.45) is 0 Å². The highest BCUT2D eigenvalue weighted by molar-refractivity contribution is 5.25. The minimum Gasteiger partial charge on any atom is -0.412 e. The van der Waals surface area contributed by atoms with E-state index in [-0.39, 0.29) is 5.48 Å². The van der Waals surface area contributed by atoms with E-state index in [1.165, 1.54) is 134 Å². The first-order valence-corrected chi connectivity index (χ1v) is 13.5. The summed E-state index contributed by atoms with van der Waals surface area (Å²) in [7, 11) is 0. The molecular formula is C29H55NO. The number of nitrogens with zero attached hydrogens (tertiary/aromatic N) is 1. The summed E-state index contributed by atoms with van der Waals surface area (Å²) in [6.45, 7) is 10.8. The molecule has 0 heterocycles. The second-order valence-electron chi connectivity index (χ2n) is 9.47. The third-order valence-corrected chi connectivity index (χ3v) is 6.51. The zero-order valence-corrected chi connectivity index (χ0v) is 21.4. The first kappa shape index (κ1) is 30.1. The van der Waals surface area contributed by atoms with Gasteiger partial charge in [-0.3, -0.25) is 0 Å². The van der Waals surface area contributed by atoms with Gasteiger partial charge >= 0.3 is 0 Å². The molecule has 0 aromatic heterocycles. The van der Waals surface area contributed by atoms with Gasteiger partial charge in [-0.05, 0) is 69.8 Å². The molecule has 1 rings (SSSR count). The van der Waals surface area contributed by atoms with Crippen LogP contribution in [0.4, 0.5) is 0 Å². The third kappa shape index (κ3) is 17.4. The van der Waals surface area contributed by atoms with Gasteiger partial charge in [0.1, 0.15) is 0 Å². The summed E-state index contributed by atoms with van der Waals surface area (Å²) in [5.74, 6) is 0. The summed E-state index contributed by atoms with van der Waals surface area (Å²) in [5, 5.41) is 0. The maximum absolute atomic E-state index is 2.66. The van der Waals surface area contributed by atoms with Gasteiger partial charge in [0, 0.05) is 0 Å². The lowest BCUT2D eigenvalue weighted by atomic mass is 10.0. The molecule has 0 aliphatic carbocycles. The van der Waals surface area contributed by atoms with Crippen LogP contribution >= 0.6 is 0 Å². The van der Waals surface area contributed by atoms with Crippen LogP contribution < -0.4 is 0 Å². The minimum absolute atomic E-state index is 0.